The second kappa shape index (κ2) is 5.44. The lowest BCUT2D eigenvalue weighted by Crippen LogP contribution is -2.31. The summed E-state index contributed by atoms with van der Waals surface area (Å²) in [6.07, 6.45) is 5.97. The van der Waals surface area contributed by atoms with Gasteiger partial charge in [0.15, 0.2) is 6.29 Å². The molecule has 1 aromatic rings. The molecule has 0 saturated carbocycles. The van der Waals surface area contributed by atoms with Gasteiger partial charge in [-0.2, -0.15) is 0 Å². The van der Waals surface area contributed by atoms with Crippen molar-refractivity contribution in [3.05, 3.63) is 18.0 Å². The Morgan fingerprint density at radius 3 is 2.27 bits per heavy atom. The molecular formula is C11H17N3O. The van der Waals surface area contributed by atoms with E-state index in [-0.39, 0.29) is 0 Å². The first-order chi connectivity index (χ1) is 7.22. The lowest BCUT2D eigenvalue weighted by Gasteiger charge is -2.25. The molecule has 4 nitrogen and oxygen atoms in total. The largest absolute Gasteiger partial charge is 0.341 e. The van der Waals surface area contributed by atoms with E-state index in [0.29, 0.717) is 17.6 Å². The molecule has 0 aliphatic carbocycles. The van der Waals surface area contributed by atoms with Gasteiger partial charge in [-0.3, -0.25) is 4.79 Å². The van der Waals surface area contributed by atoms with Gasteiger partial charge in [0.25, 0.3) is 0 Å². The molecule has 0 amide bonds. The van der Waals surface area contributed by atoms with Gasteiger partial charge < -0.3 is 4.90 Å². The molecule has 0 atom stereocenters. The molecule has 0 unspecified atom stereocenters. The number of aromatic nitrogens is 2. The van der Waals surface area contributed by atoms with E-state index >= 15 is 0 Å². The molecule has 0 aromatic carbocycles. The smallest absolute Gasteiger partial charge is 0.225 e. The summed E-state index contributed by atoms with van der Waals surface area (Å²) in [5.41, 5.74) is 0.511. The maximum atomic E-state index is 10.4. The summed E-state index contributed by atoms with van der Waals surface area (Å²) in [4.78, 5) is 20.8. The Kier molecular flexibility index (Phi) is 4.21. The van der Waals surface area contributed by atoms with E-state index in [1.54, 1.807) is 12.4 Å². The maximum Gasteiger partial charge on any atom is 0.225 e. The molecular weight excluding hydrogens is 190 g/mol. The van der Waals surface area contributed by atoms with Crippen LogP contribution < -0.4 is 4.90 Å². The van der Waals surface area contributed by atoms with Crippen LogP contribution in [0.1, 0.15) is 37.0 Å². The third kappa shape index (κ3) is 2.75. The fraction of sp³-hybridized carbons (Fsp3) is 0.545. The molecule has 0 aliphatic rings. The third-order valence-electron chi connectivity index (χ3n) is 2.60. The molecule has 0 saturated heterocycles. The Morgan fingerprint density at radius 1 is 1.33 bits per heavy atom. The number of aldehydes is 1. The first-order valence-corrected chi connectivity index (χ1v) is 5.23. The predicted octanol–water partition coefficient (Wildman–Crippen LogP) is 1.91. The van der Waals surface area contributed by atoms with Crippen LogP contribution in [-0.4, -0.2) is 29.3 Å². The van der Waals surface area contributed by atoms with Gasteiger partial charge in [0.05, 0.1) is 5.56 Å². The van der Waals surface area contributed by atoms with Crippen molar-refractivity contribution in [2.24, 2.45) is 0 Å². The Hall–Kier alpha value is -1.45. The fourth-order valence-corrected chi connectivity index (χ4v) is 1.57. The van der Waals surface area contributed by atoms with Gasteiger partial charge in [-0.05, 0) is 12.8 Å². The molecule has 1 heterocycles. The SMILES string of the molecule is CCC(CC)N(C)c1ncc(C=O)cn1. The summed E-state index contributed by atoms with van der Waals surface area (Å²) in [6, 6.07) is 0.451. The van der Waals surface area contributed by atoms with Crippen LogP contribution in [0.15, 0.2) is 12.4 Å². The molecule has 82 valence electrons. The fourth-order valence-electron chi connectivity index (χ4n) is 1.57. The minimum atomic E-state index is 0.451. The number of carbonyl (C=O) groups is 1. The number of anilines is 1. The van der Waals surface area contributed by atoms with Crippen molar-refractivity contribution in [3.63, 3.8) is 0 Å². The molecule has 15 heavy (non-hydrogen) atoms. The lowest BCUT2D eigenvalue weighted by molar-refractivity contribution is 0.112. The van der Waals surface area contributed by atoms with Crippen molar-refractivity contribution >= 4 is 12.2 Å². The minimum Gasteiger partial charge on any atom is -0.341 e. The van der Waals surface area contributed by atoms with Crippen LogP contribution in [-0.2, 0) is 0 Å². The Labute approximate surface area is 90.3 Å². The van der Waals surface area contributed by atoms with Gasteiger partial charge in [-0.1, -0.05) is 13.8 Å². The Balaban J connectivity index is 2.81. The molecule has 0 bridgehead atoms. The zero-order valence-corrected chi connectivity index (χ0v) is 9.47. The molecule has 0 N–H and O–H groups in total. The topological polar surface area (TPSA) is 46.1 Å². The highest BCUT2D eigenvalue weighted by Gasteiger charge is 2.12. The summed E-state index contributed by atoms with van der Waals surface area (Å²) in [7, 11) is 1.98. The van der Waals surface area contributed by atoms with E-state index in [9.17, 15) is 4.79 Å². The molecule has 0 spiro atoms. The third-order valence-corrected chi connectivity index (χ3v) is 2.60. The van der Waals surface area contributed by atoms with E-state index in [4.69, 9.17) is 0 Å². The van der Waals surface area contributed by atoms with Gasteiger partial charge in [0.1, 0.15) is 0 Å². The molecule has 4 heteroatoms. The maximum absolute atomic E-state index is 10.4. The van der Waals surface area contributed by atoms with Crippen molar-refractivity contribution < 1.29 is 4.79 Å². The quantitative estimate of drug-likeness (QED) is 0.692. The zero-order chi connectivity index (χ0) is 11.3. The Morgan fingerprint density at radius 2 is 1.87 bits per heavy atom. The lowest BCUT2D eigenvalue weighted by atomic mass is 10.1. The first-order valence-electron chi connectivity index (χ1n) is 5.23. The number of carbonyl (C=O) groups excluding carboxylic acids is 1. The van der Waals surface area contributed by atoms with Gasteiger partial charge in [0.2, 0.25) is 5.95 Å². The second-order valence-electron chi connectivity index (χ2n) is 3.52. The molecule has 0 aliphatic heterocycles. The summed E-state index contributed by atoms with van der Waals surface area (Å²) in [6.45, 7) is 4.29. The number of hydrogen-bond acceptors (Lipinski definition) is 4. The average molecular weight is 207 g/mol. The first kappa shape index (κ1) is 11.6. The highest BCUT2D eigenvalue weighted by molar-refractivity contribution is 5.73. The minimum absolute atomic E-state index is 0.451. The average Bonchev–Trinajstić information content (AvgIpc) is 2.30. The summed E-state index contributed by atoms with van der Waals surface area (Å²) >= 11 is 0. The van der Waals surface area contributed by atoms with E-state index in [1.807, 2.05) is 7.05 Å². The van der Waals surface area contributed by atoms with Gasteiger partial charge in [-0.15, -0.1) is 0 Å². The van der Waals surface area contributed by atoms with Gasteiger partial charge in [0, 0.05) is 25.5 Å². The Bertz CT molecular complexity index is 306. The van der Waals surface area contributed by atoms with E-state index in [1.165, 1.54) is 0 Å². The van der Waals surface area contributed by atoms with Gasteiger partial charge >= 0.3 is 0 Å². The molecule has 0 fully saturated rings. The second-order valence-corrected chi connectivity index (χ2v) is 3.52. The van der Waals surface area contributed by atoms with Crippen LogP contribution in [0.25, 0.3) is 0 Å². The van der Waals surface area contributed by atoms with Crippen LogP contribution in [0.3, 0.4) is 0 Å². The zero-order valence-electron chi connectivity index (χ0n) is 9.47. The van der Waals surface area contributed by atoms with Crippen molar-refractivity contribution in [2.75, 3.05) is 11.9 Å². The summed E-state index contributed by atoms with van der Waals surface area (Å²) < 4.78 is 0. The molecule has 0 radical (unpaired) electrons. The van der Waals surface area contributed by atoms with E-state index in [0.717, 1.165) is 19.1 Å². The summed E-state index contributed by atoms with van der Waals surface area (Å²) in [5, 5.41) is 0. The number of hydrogen-bond donors (Lipinski definition) is 0. The number of nitrogens with zero attached hydrogens (tertiary/aromatic N) is 3. The van der Waals surface area contributed by atoms with E-state index < -0.39 is 0 Å². The summed E-state index contributed by atoms with van der Waals surface area (Å²) in [5.74, 6) is 0.675. The van der Waals surface area contributed by atoms with Crippen LogP contribution >= 0.6 is 0 Å². The monoisotopic (exact) mass is 207 g/mol. The highest BCUT2D eigenvalue weighted by Crippen LogP contribution is 2.12. The van der Waals surface area contributed by atoms with Crippen LogP contribution in [0.2, 0.25) is 0 Å². The predicted molar refractivity (Wildman–Crippen MR) is 60.2 cm³/mol. The van der Waals surface area contributed by atoms with Crippen molar-refractivity contribution in [2.45, 2.75) is 32.7 Å². The van der Waals surface area contributed by atoms with Crippen LogP contribution in [0, 0.1) is 0 Å². The normalized spacial score (nSPS) is 10.4. The molecule has 1 aromatic heterocycles. The van der Waals surface area contributed by atoms with E-state index in [2.05, 4.69) is 28.7 Å². The number of rotatable bonds is 5. The van der Waals surface area contributed by atoms with Crippen molar-refractivity contribution in [3.8, 4) is 0 Å². The van der Waals surface area contributed by atoms with Gasteiger partial charge in [-0.25, -0.2) is 9.97 Å². The molecule has 1 rings (SSSR count). The standard InChI is InChI=1S/C11H17N3O/c1-4-10(5-2)14(3)11-12-6-9(8-15)7-13-11/h6-8,10H,4-5H2,1-3H3. The van der Waals surface area contributed by atoms with Crippen molar-refractivity contribution in [1.29, 1.82) is 0 Å². The van der Waals surface area contributed by atoms with Crippen LogP contribution in [0.4, 0.5) is 5.95 Å². The van der Waals surface area contributed by atoms with Crippen LogP contribution in [0.5, 0.6) is 0 Å². The van der Waals surface area contributed by atoms with Crippen molar-refractivity contribution in [1.82, 2.24) is 9.97 Å². The highest BCUT2D eigenvalue weighted by atomic mass is 16.1.